The van der Waals surface area contributed by atoms with Gasteiger partial charge in [0.05, 0.1) is 6.61 Å². The van der Waals surface area contributed by atoms with E-state index in [0.717, 1.165) is 24.0 Å². The summed E-state index contributed by atoms with van der Waals surface area (Å²) in [5.74, 6) is -0.256. The lowest BCUT2D eigenvalue weighted by molar-refractivity contribution is -0.134. The first-order chi connectivity index (χ1) is 17.3. The van der Waals surface area contributed by atoms with Gasteiger partial charge < -0.3 is 25.0 Å². The summed E-state index contributed by atoms with van der Waals surface area (Å²) in [6, 6.07) is 9.18. The van der Waals surface area contributed by atoms with E-state index in [4.69, 9.17) is 4.74 Å². The molecule has 0 unspecified atom stereocenters. The molecule has 0 spiro atoms. The molecule has 190 valence electrons. The van der Waals surface area contributed by atoms with Crippen molar-refractivity contribution in [2.75, 3.05) is 18.5 Å². The van der Waals surface area contributed by atoms with E-state index < -0.39 is 12.7 Å². The van der Waals surface area contributed by atoms with Gasteiger partial charge in [0.1, 0.15) is 6.04 Å². The van der Waals surface area contributed by atoms with Crippen molar-refractivity contribution in [1.82, 2.24) is 10.2 Å². The Morgan fingerprint density at radius 2 is 1.97 bits per heavy atom. The molecule has 2 atom stereocenters. The van der Waals surface area contributed by atoms with Crippen molar-refractivity contribution < 1.29 is 32.6 Å². The minimum atomic E-state index is -2.97. The van der Waals surface area contributed by atoms with Crippen LogP contribution >= 0.6 is 0 Å². The molecule has 0 bridgehead atoms. The Labute approximate surface area is 206 Å². The number of halogens is 2. The summed E-state index contributed by atoms with van der Waals surface area (Å²) in [7, 11) is 0. The Balaban J connectivity index is 1.33. The fraction of sp³-hybridized carbons (Fsp3) is 0.423. The van der Waals surface area contributed by atoms with E-state index in [1.807, 2.05) is 0 Å². The van der Waals surface area contributed by atoms with Gasteiger partial charge in [0.25, 0.3) is 5.91 Å². The van der Waals surface area contributed by atoms with E-state index in [0.29, 0.717) is 43.3 Å². The van der Waals surface area contributed by atoms with E-state index in [1.165, 1.54) is 17.9 Å². The second-order valence-corrected chi connectivity index (χ2v) is 9.50. The van der Waals surface area contributed by atoms with Crippen molar-refractivity contribution in [3.8, 4) is 11.5 Å². The van der Waals surface area contributed by atoms with Gasteiger partial charge in [-0.15, -0.1) is 0 Å². The number of ether oxygens (including phenoxy) is 2. The highest BCUT2D eigenvalue weighted by atomic mass is 19.3. The lowest BCUT2D eigenvalue weighted by atomic mass is 9.95. The van der Waals surface area contributed by atoms with Crippen LogP contribution in [-0.4, -0.2) is 48.4 Å². The molecule has 3 aliphatic rings. The fourth-order valence-corrected chi connectivity index (χ4v) is 4.79. The van der Waals surface area contributed by atoms with Crippen molar-refractivity contribution in [2.24, 2.45) is 5.92 Å². The standard InChI is InChI=1S/C26H27F2N3O5/c1-14(32)31-12-18(16-4-7-22(36-26(27)28)23(10-16)35-13-15-2-3-15)9-21(31)25(34)30-19-5-6-20-17(8-19)11-29-24(20)33/h4-8,10,15,18,21,26H,2-3,9,11-13H2,1H3,(H,29,33)(H,30,34)/t18-,21+/m0/s1. The van der Waals surface area contributed by atoms with Crippen molar-refractivity contribution in [3.63, 3.8) is 0 Å². The van der Waals surface area contributed by atoms with Crippen molar-refractivity contribution in [3.05, 3.63) is 53.1 Å². The fourth-order valence-electron chi connectivity index (χ4n) is 4.79. The number of likely N-dealkylation sites (tertiary alicyclic amines) is 1. The van der Waals surface area contributed by atoms with Crippen LogP contribution in [0, 0.1) is 5.92 Å². The number of rotatable bonds is 8. The minimum absolute atomic E-state index is 0.0327. The molecule has 1 aliphatic carbocycles. The smallest absolute Gasteiger partial charge is 0.387 e. The van der Waals surface area contributed by atoms with Gasteiger partial charge in [-0.1, -0.05) is 6.07 Å². The summed E-state index contributed by atoms with van der Waals surface area (Å²) in [6.45, 7) is -0.411. The summed E-state index contributed by atoms with van der Waals surface area (Å²) in [4.78, 5) is 38.9. The molecule has 1 saturated carbocycles. The second-order valence-electron chi connectivity index (χ2n) is 9.50. The Kier molecular flexibility index (Phi) is 6.51. The van der Waals surface area contributed by atoms with Gasteiger partial charge in [-0.25, -0.2) is 0 Å². The number of benzene rings is 2. The van der Waals surface area contributed by atoms with Gasteiger partial charge in [-0.3, -0.25) is 14.4 Å². The zero-order chi connectivity index (χ0) is 25.4. The maximum Gasteiger partial charge on any atom is 0.387 e. The predicted octanol–water partition coefficient (Wildman–Crippen LogP) is 3.66. The van der Waals surface area contributed by atoms with E-state index in [2.05, 4.69) is 15.4 Å². The number of carbonyl (C=O) groups excluding carboxylic acids is 3. The van der Waals surface area contributed by atoms with Crippen LogP contribution < -0.4 is 20.1 Å². The van der Waals surface area contributed by atoms with Gasteiger partial charge in [0.15, 0.2) is 11.5 Å². The van der Waals surface area contributed by atoms with Crippen LogP contribution in [0.25, 0.3) is 0 Å². The number of fused-ring (bicyclic) bond motifs is 1. The maximum atomic E-state index is 13.2. The van der Waals surface area contributed by atoms with Gasteiger partial charge in [-0.05, 0) is 66.6 Å². The second kappa shape index (κ2) is 9.75. The number of amides is 3. The van der Waals surface area contributed by atoms with E-state index in [9.17, 15) is 23.2 Å². The summed E-state index contributed by atoms with van der Waals surface area (Å²) in [6.07, 6.45) is 2.47. The number of alkyl halides is 2. The van der Waals surface area contributed by atoms with Crippen LogP contribution in [0.1, 0.15) is 53.6 Å². The zero-order valence-corrected chi connectivity index (χ0v) is 19.8. The molecule has 2 fully saturated rings. The third-order valence-electron chi connectivity index (χ3n) is 6.89. The Morgan fingerprint density at radius 3 is 2.69 bits per heavy atom. The number of hydrogen-bond acceptors (Lipinski definition) is 5. The quantitative estimate of drug-likeness (QED) is 0.578. The summed E-state index contributed by atoms with van der Waals surface area (Å²) < 4.78 is 36.2. The molecule has 10 heteroatoms. The van der Waals surface area contributed by atoms with Gasteiger partial charge in [0, 0.05) is 37.2 Å². The molecule has 2 heterocycles. The van der Waals surface area contributed by atoms with Crippen molar-refractivity contribution in [2.45, 2.75) is 51.3 Å². The Hall–Kier alpha value is -3.69. The molecule has 8 nitrogen and oxygen atoms in total. The van der Waals surface area contributed by atoms with Gasteiger partial charge in [-0.2, -0.15) is 8.78 Å². The van der Waals surface area contributed by atoms with Gasteiger partial charge >= 0.3 is 6.61 Å². The summed E-state index contributed by atoms with van der Waals surface area (Å²) in [5, 5.41) is 5.61. The Morgan fingerprint density at radius 1 is 1.17 bits per heavy atom. The SMILES string of the molecule is CC(=O)N1C[C@@H](c2ccc(OC(F)F)c(OCC3CC3)c2)C[C@@H]1C(=O)Nc1ccc2c(c1)CNC2=O. The van der Waals surface area contributed by atoms with E-state index in [-0.39, 0.29) is 35.1 Å². The molecule has 2 aliphatic heterocycles. The molecule has 5 rings (SSSR count). The van der Waals surface area contributed by atoms with Crippen molar-refractivity contribution in [1.29, 1.82) is 0 Å². The number of carbonyl (C=O) groups is 3. The van der Waals surface area contributed by atoms with Crippen LogP contribution in [0.15, 0.2) is 36.4 Å². The maximum absolute atomic E-state index is 13.2. The number of nitrogens with one attached hydrogen (secondary N) is 2. The number of hydrogen-bond donors (Lipinski definition) is 2. The average molecular weight is 500 g/mol. The molecule has 2 N–H and O–H groups in total. The predicted molar refractivity (Wildman–Crippen MR) is 126 cm³/mol. The molecule has 2 aromatic rings. The highest BCUT2D eigenvalue weighted by Crippen LogP contribution is 2.39. The molecule has 0 radical (unpaired) electrons. The van der Waals surface area contributed by atoms with Crippen LogP contribution in [0.2, 0.25) is 0 Å². The van der Waals surface area contributed by atoms with E-state index in [1.54, 1.807) is 30.3 Å². The van der Waals surface area contributed by atoms with Crippen LogP contribution in [-0.2, 0) is 16.1 Å². The lowest BCUT2D eigenvalue weighted by Crippen LogP contribution is -2.42. The first-order valence-electron chi connectivity index (χ1n) is 12.0. The van der Waals surface area contributed by atoms with Crippen LogP contribution in [0.3, 0.4) is 0 Å². The first kappa shape index (κ1) is 24.0. The highest BCUT2D eigenvalue weighted by Gasteiger charge is 2.39. The first-order valence-corrected chi connectivity index (χ1v) is 12.0. The summed E-state index contributed by atoms with van der Waals surface area (Å²) >= 11 is 0. The molecule has 1 saturated heterocycles. The monoisotopic (exact) mass is 499 g/mol. The van der Waals surface area contributed by atoms with Crippen LogP contribution in [0.5, 0.6) is 11.5 Å². The number of nitrogens with zero attached hydrogens (tertiary/aromatic N) is 1. The van der Waals surface area contributed by atoms with Crippen molar-refractivity contribution >= 4 is 23.4 Å². The molecule has 36 heavy (non-hydrogen) atoms. The normalized spacial score (nSPS) is 20.8. The molecular formula is C26H27F2N3O5. The number of anilines is 1. The molecular weight excluding hydrogens is 472 g/mol. The molecule has 0 aromatic heterocycles. The lowest BCUT2D eigenvalue weighted by Gasteiger charge is -2.22. The largest absolute Gasteiger partial charge is 0.489 e. The Bertz CT molecular complexity index is 1200. The van der Waals surface area contributed by atoms with E-state index >= 15 is 0 Å². The topological polar surface area (TPSA) is 97.0 Å². The third kappa shape index (κ3) is 5.12. The third-order valence-corrected chi connectivity index (χ3v) is 6.89. The summed E-state index contributed by atoms with van der Waals surface area (Å²) in [5.41, 5.74) is 2.71. The zero-order valence-electron chi connectivity index (χ0n) is 19.8. The highest BCUT2D eigenvalue weighted by molar-refractivity contribution is 6.01. The molecule has 3 amide bonds. The minimum Gasteiger partial charge on any atom is -0.489 e. The van der Waals surface area contributed by atoms with Crippen LogP contribution in [0.4, 0.5) is 14.5 Å². The average Bonchev–Trinajstić information content (AvgIpc) is 3.44. The van der Waals surface area contributed by atoms with Gasteiger partial charge in [0.2, 0.25) is 11.8 Å². The molecule has 2 aromatic carbocycles.